The number of hydrogen-bond donors (Lipinski definition) is 1. The molecule has 0 bridgehead atoms. The molecule has 4 nitrogen and oxygen atoms in total. The van der Waals surface area contributed by atoms with E-state index in [1.165, 1.54) is 0 Å². The molecule has 0 spiro atoms. The van der Waals surface area contributed by atoms with Crippen molar-refractivity contribution in [2.45, 2.75) is 18.4 Å². The molecule has 1 heterocycles. The summed E-state index contributed by atoms with van der Waals surface area (Å²) < 4.78 is 10.9. The summed E-state index contributed by atoms with van der Waals surface area (Å²) in [6.07, 6.45) is 1.74. The first-order valence-electron chi connectivity index (χ1n) is 8.48. The maximum Gasteiger partial charge on any atom is 0.125 e. The van der Waals surface area contributed by atoms with Crippen molar-refractivity contribution in [2.24, 2.45) is 0 Å². The van der Waals surface area contributed by atoms with Crippen molar-refractivity contribution < 1.29 is 14.6 Å². The van der Waals surface area contributed by atoms with Crippen LogP contribution < -0.4 is 9.47 Å². The van der Waals surface area contributed by atoms with Gasteiger partial charge < -0.3 is 14.6 Å². The Morgan fingerprint density at radius 1 is 0.923 bits per heavy atom. The molecule has 0 saturated carbocycles. The van der Waals surface area contributed by atoms with Gasteiger partial charge in [-0.05, 0) is 42.8 Å². The van der Waals surface area contributed by atoms with Gasteiger partial charge in [0.1, 0.15) is 17.1 Å². The minimum atomic E-state index is -1.27. The monoisotopic (exact) mass is 349 g/mol. The van der Waals surface area contributed by atoms with Crippen molar-refractivity contribution >= 4 is 0 Å². The molecule has 2 atom stereocenters. The van der Waals surface area contributed by atoms with Gasteiger partial charge in [0.05, 0.1) is 25.8 Å². The van der Waals surface area contributed by atoms with Crippen molar-refractivity contribution in [1.29, 1.82) is 0 Å². The molecule has 0 fully saturated rings. The number of nitrogens with zero attached hydrogens (tertiary/aromatic N) is 1. The van der Waals surface area contributed by atoms with E-state index in [2.05, 4.69) is 4.98 Å². The molecule has 3 aromatic rings. The third kappa shape index (κ3) is 3.41. The molecule has 1 aromatic heterocycles. The van der Waals surface area contributed by atoms with Crippen LogP contribution in [0.2, 0.25) is 0 Å². The van der Waals surface area contributed by atoms with Crippen LogP contribution in [0.15, 0.2) is 72.9 Å². The van der Waals surface area contributed by atoms with Gasteiger partial charge in [-0.25, -0.2) is 0 Å². The lowest BCUT2D eigenvalue weighted by atomic mass is 9.76. The van der Waals surface area contributed by atoms with Crippen LogP contribution in [0.3, 0.4) is 0 Å². The van der Waals surface area contributed by atoms with E-state index < -0.39 is 5.60 Å². The first-order chi connectivity index (χ1) is 12.6. The average Bonchev–Trinajstić information content (AvgIpc) is 2.69. The molecule has 0 aliphatic heterocycles. The maximum absolute atomic E-state index is 11.7. The SMILES string of the molecule is COc1ccc(OC)c([C@](C)(O)[C@H](c2ccccc2)c2ccccn2)c1. The number of ether oxygens (including phenoxy) is 2. The van der Waals surface area contributed by atoms with Gasteiger partial charge in [-0.2, -0.15) is 0 Å². The first kappa shape index (κ1) is 18.0. The number of aliphatic hydroxyl groups is 1. The number of rotatable bonds is 6. The minimum Gasteiger partial charge on any atom is -0.497 e. The normalized spacial score (nSPS) is 14.3. The highest BCUT2D eigenvalue weighted by Gasteiger charge is 2.39. The van der Waals surface area contributed by atoms with Crippen molar-refractivity contribution in [1.82, 2.24) is 4.98 Å². The molecule has 0 saturated heterocycles. The standard InChI is InChI=1S/C22H23NO3/c1-22(24,18-15-17(25-2)12-13-20(18)26-3)21(16-9-5-4-6-10-16)19-11-7-8-14-23-19/h4-15,21,24H,1-3H3/t21-,22+/m1/s1. The van der Waals surface area contributed by atoms with Crippen molar-refractivity contribution in [3.63, 3.8) is 0 Å². The van der Waals surface area contributed by atoms with Gasteiger partial charge in [0.2, 0.25) is 0 Å². The third-order valence-electron chi connectivity index (χ3n) is 4.63. The summed E-state index contributed by atoms with van der Waals surface area (Å²) in [5.41, 5.74) is 1.14. The summed E-state index contributed by atoms with van der Waals surface area (Å²) >= 11 is 0. The number of hydrogen-bond acceptors (Lipinski definition) is 4. The van der Waals surface area contributed by atoms with Gasteiger partial charge in [0, 0.05) is 11.8 Å². The highest BCUT2D eigenvalue weighted by molar-refractivity contribution is 5.47. The van der Waals surface area contributed by atoms with Crippen molar-refractivity contribution in [3.8, 4) is 11.5 Å². The average molecular weight is 349 g/mol. The van der Waals surface area contributed by atoms with Crippen molar-refractivity contribution in [2.75, 3.05) is 14.2 Å². The van der Waals surface area contributed by atoms with E-state index >= 15 is 0 Å². The Bertz CT molecular complexity index is 808. The van der Waals surface area contributed by atoms with Gasteiger partial charge >= 0.3 is 0 Å². The molecule has 2 aromatic carbocycles. The molecule has 26 heavy (non-hydrogen) atoms. The summed E-state index contributed by atoms with van der Waals surface area (Å²) in [5.74, 6) is 0.896. The number of pyridine rings is 1. The molecular formula is C22H23NO3. The van der Waals surface area contributed by atoms with E-state index in [1.54, 1.807) is 27.3 Å². The molecule has 1 N–H and O–H groups in total. The Hall–Kier alpha value is -2.85. The first-order valence-corrected chi connectivity index (χ1v) is 8.48. The van der Waals surface area contributed by atoms with Crippen LogP contribution in [0.25, 0.3) is 0 Å². The Balaban J connectivity index is 2.20. The number of methoxy groups -OCH3 is 2. The lowest BCUT2D eigenvalue weighted by Crippen LogP contribution is -2.32. The van der Waals surface area contributed by atoms with E-state index in [4.69, 9.17) is 9.47 Å². The molecule has 0 aliphatic carbocycles. The Morgan fingerprint density at radius 3 is 2.27 bits per heavy atom. The summed E-state index contributed by atoms with van der Waals surface area (Å²) in [5, 5.41) is 11.7. The minimum absolute atomic E-state index is 0.370. The van der Waals surface area contributed by atoms with E-state index in [1.807, 2.05) is 66.7 Å². The van der Waals surface area contributed by atoms with Gasteiger partial charge in [-0.1, -0.05) is 36.4 Å². The zero-order valence-corrected chi connectivity index (χ0v) is 15.2. The van der Waals surface area contributed by atoms with E-state index in [-0.39, 0.29) is 5.92 Å². The second-order valence-corrected chi connectivity index (χ2v) is 6.31. The van der Waals surface area contributed by atoms with Crippen LogP contribution >= 0.6 is 0 Å². The largest absolute Gasteiger partial charge is 0.497 e. The smallest absolute Gasteiger partial charge is 0.125 e. The Labute approximate surface area is 154 Å². The number of benzene rings is 2. The molecule has 0 amide bonds. The van der Waals surface area contributed by atoms with Gasteiger partial charge in [-0.15, -0.1) is 0 Å². The van der Waals surface area contributed by atoms with Crippen LogP contribution in [0.5, 0.6) is 11.5 Å². The fraction of sp³-hybridized carbons (Fsp3) is 0.227. The molecular weight excluding hydrogens is 326 g/mol. The maximum atomic E-state index is 11.7. The number of aromatic nitrogens is 1. The quantitative estimate of drug-likeness (QED) is 0.727. The molecule has 4 heteroatoms. The van der Waals surface area contributed by atoms with Crippen LogP contribution in [0, 0.1) is 0 Å². The highest BCUT2D eigenvalue weighted by atomic mass is 16.5. The van der Waals surface area contributed by atoms with Gasteiger partial charge in [-0.3, -0.25) is 4.98 Å². The molecule has 0 aliphatic rings. The third-order valence-corrected chi connectivity index (χ3v) is 4.63. The topological polar surface area (TPSA) is 51.6 Å². The van der Waals surface area contributed by atoms with Crippen molar-refractivity contribution in [3.05, 3.63) is 89.7 Å². The molecule has 134 valence electrons. The summed E-state index contributed by atoms with van der Waals surface area (Å²) in [4.78, 5) is 4.51. The van der Waals surface area contributed by atoms with Crippen LogP contribution in [0.4, 0.5) is 0 Å². The van der Waals surface area contributed by atoms with E-state index in [9.17, 15) is 5.11 Å². The predicted octanol–water partition coefficient (Wildman–Crippen LogP) is 4.14. The fourth-order valence-electron chi connectivity index (χ4n) is 3.34. The van der Waals surface area contributed by atoms with Crippen LogP contribution in [0.1, 0.15) is 29.7 Å². The van der Waals surface area contributed by atoms with Crippen LogP contribution in [-0.2, 0) is 5.60 Å². The Kier molecular flexibility index (Phi) is 5.24. The zero-order chi connectivity index (χ0) is 18.6. The van der Waals surface area contributed by atoms with E-state index in [0.717, 1.165) is 11.3 Å². The van der Waals surface area contributed by atoms with Gasteiger partial charge in [0.15, 0.2) is 0 Å². The predicted molar refractivity (Wildman–Crippen MR) is 102 cm³/mol. The second-order valence-electron chi connectivity index (χ2n) is 6.31. The zero-order valence-electron chi connectivity index (χ0n) is 15.2. The highest BCUT2D eigenvalue weighted by Crippen LogP contribution is 2.45. The summed E-state index contributed by atoms with van der Waals surface area (Å²) in [6, 6.07) is 21.1. The lowest BCUT2D eigenvalue weighted by Gasteiger charge is -2.34. The summed E-state index contributed by atoms with van der Waals surface area (Å²) in [6.45, 7) is 1.79. The lowest BCUT2D eigenvalue weighted by molar-refractivity contribution is 0.0354. The molecule has 3 rings (SSSR count). The Morgan fingerprint density at radius 2 is 1.65 bits per heavy atom. The van der Waals surface area contributed by atoms with Gasteiger partial charge in [0.25, 0.3) is 0 Å². The van der Waals surface area contributed by atoms with E-state index in [0.29, 0.717) is 17.1 Å². The summed E-state index contributed by atoms with van der Waals surface area (Å²) in [7, 11) is 3.20. The second kappa shape index (κ2) is 7.58. The molecule has 0 radical (unpaired) electrons. The fourth-order valence-corrected chi connectivity index (χ4v) is 3.34. The molecule has 0 unspecified atom stereocenters. The van der Waals surface area contributed by atoms with Crippen LogP contribution in [-0.4, -0.2) is 24.3 Å².